The molecule has 0 atom stereocenters. The van der Waals surface area contributed by atoms with Crippen LogP contribution >= 0.6 is 0 Å². The van der Waals surface area contributed by atoms with Gasteiger partial charge in [-0.25, -0.2) is 18.7 Å². The summed E-state index contributed by atoms with van der Waals surface area (Å²) in [6.07, 6.45) is 5.10. The monoisotopic (exact) mass is 543 g/mol. The van der Waals surface area contributed by atoms with E-state index in [-0.39, 0.29) is 11.3 Å². The molecule has 4 heterocycles. The van der Waals surface area contributed by atoms with Crippen molar-refractivity contribution in [1.82, 2.24) is 35.5 Å². The Balaban J connectivity index is 1.23. The van der Waals surface area contributed by atoms with Gasteiger partial charge in [-0.15, -0.1) is 0 Å². The SMILES string of the molecule is Fc1ccccc1-c1ccnc2nc(-c3[nH]nc4c(F)cc(-c5cncc(CNCc6ccccc6)c5)cc34)[nH]c12. The molecule has 0 aliphatic rings. The summed E-state index contributed by atoms with van der Waals surface area (Å²) in [6, 6.07) is 23.8. The molecule has 0 unspecified atom stereocenters. The molecule has 0 bridgehead atoms. The van der Waals surface area contributed by atoms with Crippen molar-refractivity contribution in [3.8, 4) is 33.8 Å². The first kappa shape index (κ1) is 24.7. The summed E-state index contributed by atoms with van der Waals surface area (Å²) in [6.45, 7) is 1.35. The fourth-order valence-electron chi connectivity index (χ4n) is 5.05. The highest BCUT2D eigenvalue weighted by atomic mass is 19.1. The number of rotatable bonds is 7. The second kappa shape index (κ2) is 10.4. The van der Waals surface area contributed by atoms with Crippen LogP contribution in [0.3, 0.4) is 0 Å². The zero-order chi connectivity index (χ0) is 27.8. The van der Waals surface area contributed by atoms with E-state index >= 15 is 4.39 Å². The van der Waals surface area contributed by atoms with Crippen molar-refractivity contribution < 1.29 is 8.78 Å². The number of nitrogens with zero attached hydrogens (tertiary/aromatic N) is 4. The van der Waals surface area contributed by atoms with Crippen LogP contribution in [0.2, 0.25) is 0 Å². The first-order valence-corrected chi connectivity index (χ1v) is 13.1. The van der Waals surface area contributed by atoms with Crippen LogP contribution in [0.25, 0.3) is 55.8 Å². The zero-order valence-electron chi connectivity index (χ0n) is 21.7. The van der Waals surface area contributed by atoms with E-state index in [1.54, 1.807) is 42.9 Å². The van der Waals surface area contributed by atoms with Crippen LogP contribution < -0.4 is 5.32 Å². The van der Waals surface area contributed by atoms with E-state index in [0.29, 0.717) is 51.3 Å². The molecule has 7 rings (SSSR count). The molecular formula is C32H23F2N7. The fourth-order valence-corrected chi connectivity index (χ4v) is 5.05. The number of hydrogen-bond acceptors (Lipinski definition) is 5. The van der Waals surface area contributed by atoms with Crippen LogP contribution in [-0.2, 0) is 13.1 Å². The smallest absolute Gasteiger partial charge is 0.178 e. The number of aromatic nitrogens is 6. The first-order valence-electron chi connectivity index (χ1n) is 13.1. The Morgan fingerprint density at radius 2 is 1.59 bits per heavy atom. The molecule has 200 valence electrons. The second-order valence-corrected chi connectivity index (χ2v) is 9.75. The van der Waals surface area contributed by atoms with Gasteiger partial charge in [0.1, 0.15) is 17.0 Å². The van der Waals surface area contributed by atoms with Gasteiger partial charge in [0.2, 0.25) is 0 Å². The van der Waals surface area contributed by atoms with Crippen LogP contribution in [0.4, 0.5) is 8.78 Å². The highest BCUT2D eigenvalue weighted by molar-refractivity contribution is 5.97. The molecule has 7 aromatic rings. The molecule has 0 aliphatic carbocycles. The van der Waals surface area contributed by atoms with Crippen LogP contribution in [0.1, 0.15) is 11.1 Å². The van der Waals surface area contributed by atoms with Crippen LogP contribution in [0.15, 0.2) is 97.5 Å². The number of benzene rings is 3. The average Bonchev–Trinajstić information content (AvgIpc) is 3.63. The molecule has 0 saturated heterocycles. The van der Waals surface area contributed by atoms with Gasteiger partial charge in [0.25, 0.3) is 0 Å². The van der Waals surface area contributed by atoms with Gasteiger partial charge in [-0.1, -0.05) is 48.5 Å². The topological polar surface area (TPSA) is 95.2 Å². The van der Waals surface area contributed by atoms with Crippen LogP contribution in [-0.4, -0.2) is 30.1 Å². The molecule has 0 radical (unpaired) electrons. The van der Waals surface area contributed by atoms with Crippen molar-refractivity contribution >= 4 is 22.1 Å². The number of aromatic amines is 2. The molecule has 0 saturated carbocycles. The van der Waals surface area contributed by atoms with Gasteiger partial charge in [-0.2, -0.15) is 5.10 Å². The van der Waals surface area contributed by atoms with Gasteiger partial charge < -0.3 is 10.3 Å². The summed E-state index contributed by atoms with van der Waals surface area (Å²) >= 11 is 0. The fraction of sp³-hybridized carbons (Fsp3) is 0.0625. The van der Waals surface area contributed by atoms with Gasteiger partial charge in [0, 0.05) is 53.8 Å². The lowest BCUT2D eigenvalue weighted by Gasteiger charge is -2.08. The highest BCUT2D eigenvalue weighted by Gasteiger charge is 2.19. The van der Waals surface area contributed by atoms with Gasteiger partial charge in [0.05, 0.1) is 5.52 Å². The van der Waals surface area contributed by atoms with E-state index < -0.39 is 5.82 Å². The summed E-state index contributed by atoms with van der Waals surface area (Å²) < 4.78 is 29.9. The number of nitrogens with one attached hydrogen (secondary N) is 3. The van der Waals surface area contributed by atoms with E-state index in [1.165, 1.54) is 17.7 Å². The normalized spacial score (nSPS) is 11.5. The molecule has 0 amide bonds. The van der Waals surface area contributed by atoms with Crippen molar-refractivity contribution in [2.45, 2.75) is 13.1 Å². The molecule has 3 aromatic carbocycles. The Bertz CT molecular complexity index is 2010. The summed E-state index contributed by atoms with van der Waals surface area (Å²) in [5.41, 5.74) is 6.38. The van der Waals surface area contributed by atoms with Crippen molar-refractivity contribution in [3.05, 3.63) is 120 Å². The van der Waals surface area contributed by atoms with Gasteiger partial charge >= 0.3 is 0 Å². The zero-order valence-corrected chi connectivity index (χ0v) is 21.7. The van der Waals surface area contributed by atoms with E-state index in [1.807, 2.05) is 30.3 Å². The third kappa shape index (κ3) is 4.72. The summed E-state index contributed by atoms with van der Waals surface area (Å²) in [5, 5.41) is 11.1. The standard InChI is InChI=1S/C32H23F2N7/c33-26-9-5-4-8-23(26)24-10-11-37-31-29(24)38-32(39-31)30-25-13-21(14-27(34)28(25)40-41-30)22-12-20(17-36-18-22)16-35-15-19-6-2-1-3-7-19/h1-14,17-18,35H,15-16H2,(H,40,41)(H,37,38,39). The van der Waals surface area contributed by atoms with Crippen LogP contribution in [0, 0.1) is 11.6 Å². The maximum absolute atomic E-state index is 15.3. The Morgan fingerprint density at radius 1 is 0.756 bits per heavy atom. The molecule has 4 aromatic heterocycles. The number of hydrogen-bond donors (Lipinski definition) is 3. The van der Waals surface area contributed by atoms with Crippen molar-refractivity contribution in [2.24, 2.45) is 0 Å². The minimum atomic E-state index is -0.464. The molecule has 41 heavy (non-hydrogen) atoms. The number of H-pyrrole nitrogens is 2. The Kier molecular flexibility index (Phi) is 6.25. The summed E-state index contributed by atoms with van der Waals surface area (Å²) in [4.78, 5) is 16.6. The van der Waals surface area contributed by atoms with Crippen LogP contribution in [0.5, 0.6) is 0 Å². The molecule has 9 heteroatoms. The molecule has 0 fully saturated rings. The number of pyridine rings is 2. The Morgan fingerprint density at radius 3 is 2.46 bits per heavy atom. The van der Waals surface area contributed by atoms with Crippen molar-refractivity contribution in [1.29, 1.82) is 0 Å². The molecule has 0 spiro atoms. The number of halogens is 2. The first-order chi connectivity index (χ1) is 20.1. The van der Waals surface area contributed by atoms with E-state index in [0.717, 1.165) is 17.7 Å². The molecule has 0 aliphatic heterocycles. The van der Waals surface area contributed by atoms with Gasteiger partial charge in [-0.3, -0.25) is 10.1 Å². The third-order valence-electron chi connectivity index (χ3n) is 7.03. The number of fused-ring (bicyclic) bond motifs is 2. The second-order valence-electron chi connectivity index (χ2n) is 9.75. The van der Waals surface area contributed by atoms with E-state index in [9.17, 15) is 4.39 Å². The maximum Gasteiger partial charge on any atom is 0.178 e. The predicted octanol–water partition coefficient (Wildman–Crippen LogP) is 6.80. The largest absolute Gasteiger partial charge is 0.335 e. The van der Waals surface area contributed by atoms with Crippen molar-refractivity contribution in [2.75, 3.05) is 0 Å². The lowest BCUT2D eigenvalue weighted by atomic mass is 10.0. The van der Waals surface area contributed by atoms with Crippen molar-refractivity contribution in [3.63, 3.8) is 0 Å². The third-order valence-corrected chi connectivity index (χ3v) is 7.03. The minimum Gasteiger partial charge on any atom is -0.335 e. The molecule has 3 N–H and O–H groups in total. The highest BCUT2D eigenvalue weighted by Crippen LogP contribution is 2.34. The molecule has 7 nitrogen and oxygen atoms in total. The molecular weight excluding hydrogens is 520 g/mol. The lowest BCUT2D eigenvalue weighted by molar-refractivity contribution is 0.631. The van der Waals surface area contributed by atoms with Gasteiger partial charge in [0.15, 0.2) is 17.3 Å². The quantitative estimate of drug-likeness (QED) is 0.206. The van der Waals surface area contributed by atoms with Gasteiger partial charge in [-0.05, 0) is 47.0 Å². The maximum atomic E-state index is 15.3. The number of imidazole rings is 1. The summed E-state index contributed by atoms with van der Waals surface area (Å²) in [5.74, 6) is -0.387. The predicted molar refractivity (Wildman–Crippen MR) is 155 cm³/mol. The van der Waals surface area contributed by atoms with E-state index in [2.05, 4.69) is 47.6 Å². The lowest BCUT2D eigenvalue weighted by Crippen LogP contribution is -2.12. The van der Waals surface area contributed by atoms with E-state index in [4.69, 9.17) is 0 Å². The minimum absolute atomic E-state index is 0.195. The average molecular weight is 544 g/mol. The Labute approximate surface area is 233 Å². The Hall–Kier alpha value is -5.28. The summed E-state index contributed by atoms with van der Waals surface area (Å²) in [7, 11) is 0.